The van der Waals surface area contributed by atoms with Gasteiger partial charge in [-0.3, -0.25) is 14.9 Å². The number of nitrogens with one attached hydrogen (secondary N) is 1. The van der Waals surface area contributed by atoms with Crippen molar-refractivity contribution in [3.05, 3.63) is 53.1 Å². The summed E-state index contributed by atoms with van der Waals surface area (Å²) in [5, 5.41) is 1.81. The molecule has 0 bridgehead atoms. The summed E-state index contributed by atoms with van der Waals surface area (Å²) < 4.78 is 15.1. The smallest absolute Gasteiger partial charge is 0.290 e. The van der Waals surface area contributed by atoms with Crippen molar-refractivity contribution in [2.24, 2.45) is 0 Å². The Morgan fingerprint density at radius 2 is 1.94 bits per heavy atom. The van der Waals surface area contributed by atoms with E-state index in [-0.39, 0.29) is 10.7 Å². The SMILES string of the molecule is CCN1CCN(c2ccc(-c3ncnc4ccc(/C=C5\SC(=O)NC5=O)nc34)cc2F)CC1. The number of carbonyl (C=O) groups is 2. The van der Waals surface area contributed by atoms with Crippen LogP contribution in [0.1, 0.15) is 12.6 Å². The molecule has 168 valence electrons. The van der Waals surface area contributed by atoms with E-state index in [1.807, 2.05) is 6.07 Å². The Bertz CT molecular complexity index is 1290. The van der Waals surface area contributed by atoms with Gasteiger partial charge >= 0.3 is 0 Å². The molecule has 2 saturated heterocycles. The lowest BCUT2D eigenvalue weighted by Gasteiger charge is -2.35. The first kappa shape index (κ1) is 21.5. The summed E-state index contributed by atoms with van der Waals surface area (Å²) in [7, 11) is 0. The Morgan fingerprint density at radius 1 is 1.12 bits per heavy atom. The Hall–Kier alpha value is -3.37. The van der Waals surface area contributed by atoms with Crippen LogP contribution in [-0.2, 0) is 4.79 Å². The fraction of sp³-hybridized carbons (Fsp3) is 0.261. The lowest BCUT2D eigenvalue weighted by molar-refractivity contribution is -0.115. The minimum Gasteiger partial charge on any atom is -0.367 e. The number of pyridine rings is 1. The van der Waals surface area contributed by atoms with Gasteiger partial charge in [-0.25, -0.2) is 19.3 Å². The van der Waals surface area contributed by atoms with E-state index in [4.69, 9.17) is 0 Å². The molecular weight excluding hydrogens is 443 g/mol. The number of thioether (sulfide) groups is 1. The Kier molecular flexibility index (Phi) is 5.77. The zero-order valence-corrected chi connectivity index (χ0v) is 18.7. The highest BCUT2D eigenvalue weighted by molar-refractivity contribution is 8.18. The van der Waals surface area contributed by atoms with E-state index in [1.54, 1.807) is 24.3 Å². The van der Waals surface area contributed by atoms with Gasteiger partial charge in [-0.15, -0.1) is 0 Å². The molecule has 2 amide bonds. The average Bonchev–Trinajstić information content (AvgIpc) is 3.15. The lowest BCUT2D eigenvalue weighted by Crippen LogP contribution is -2.46. The lowest BCUT2D eigenvalue weighted by atomic mass is 10.1. The number of carbonyl (C=O) groups excluding carboxylic acids is 2. The van der Waals surface area contributed by atoms with Gasteiger partial charge in [0.15, 0.2) is 0 Å². The van der Waals surface area contributed by atoms with Crippen molar-refractivity contribution >= 4 is 45.7 Å². The van der Waals surface area contributed by atoms with Gasteiger partial charge in [-0.2, -0.15) is 0 Å². The number of imide groups is 1. The van der Waals surface area contributed by atoms with Crippen LogP contribution >= 0.6 is 11.8 Å². The molecule has 2 fully saturated rings. The van der Waals surface area contributed by atoms with Crippen LogP contribution in [-0.4, -0.2) is 63.7 Å². The Morgan fingerprint density at radius 3 is 2.64 bits per heavy atom. The molecular formula is C23H21FN6O2S. The minimum atomic E-state index is -0.450. The number of benzene rings is 1. The van der Waals surface area contributed by atoms with E-state index < -0.39 is 11.1 Å². The molecule has 1 N–H and O–H groups in total. The number of hydrogen-bond acceptors (Lipinski definition) is 8. The highest BCUT2D eigenvalue weighted by Gasteiger charge is 2.25. The molecule has 10 heteroatoms. The number of amides is 2. The standard InChI is InChI=1S/C23H21FN6O2S/c1-2-29-7-9-30(10-8-29)18-6-3-14(11-16(18)24)20-21-17(25-13-26-20)5-4-15(27-21)12-19-22(31)28-23(32)33-19/h3-6,11-13H,2,7-10H2,1H3,(H,28,31,32)/b19-12-. The predicted molar refractivity (Wildman–Crippen MR) is 126 cm³/mol. The van der Waals surface area contributed by atoms with Crippen molar-refractivity contribution in [3.63, 3.8) is 0 Å². The molecule has 2 aliphatic rings. The second-order valence-corrected chi connectivity index (χ2v) is 8.78. The van der Waals surface area contributed by atoms with Gasteiger partial charge in [0.2, 0.25) is 0 Å². The maximum absolute atomic E-state index is 15.1. The largest absolute Gasteiger partial charge is 0.367 e. The van der Waals surface area contributed by atoms with Gasteiger partial charge in [-0.1, -0.05) is 13.0 Å². The third-order valence-corrected chi connectivity index (χ3v) is 6.62. The van der Waals surface area contributed by atoms with Crippen LogP contribution in [0.3, 0.4) is 0 Å². The van der Waals surface area contributed by atoms with Gasteiger partial charge in [-0.05, 0) is 48.6 Å². The van der Waals surface area contributed by atoms with E-state index in [0.29, 0.717) is 33.7 Å². The number of aromatic nitrogens is 3. The van der Waals surface area contributed by atoms with E-state index in [1.165, 1.54) is 12.4 Å². The molecule has 5 rings (SSSR count). The third kappa shape index (κ3) is 4.31. The third-order valence-electron chi connectivity index (χ3n) is 5.81. The van der Waals surface area contributed by atoms with Crippen molar-refractivity contribution in [3.8, 4) is 11.3 Å². The maximum Gasteiger partial charge on any atom is 0.290 e. The maximum atomic E-state index is 15.1. The second kappa shape index (κ2) is 8.87. The number of fused-ring (bicyclic) bond motifs is 1. The van der Waals surface area contributed by atoms with Crippen LogP contribution in [0.5, 0.6) is 0 Å². The van der Waals surface area contributed by atoms with Crippen LogP contribution in [0.2, 0.25) is 0 Å². The summed E-state index contributed by atoms with van der Waals surface area (Å²) in [5.41, 5.74) is 3.25. The highest BCUT2D eigenvalue weighted by atomic mass is 32.2. The Balaban J connectivity index is 1.48. The Labute approximate surface area is 193 Å². The predicted octanol–water partition coefficient (Wildman–Crippen LogP) is 3.30. The number of rotatable bonds is 4. The number of piperazine rings is 1. The van der Waals surface area contributed by atoms with Crippen LogP contribution in [0.25, 0.3) is 28.4 Å². The summed E-state index contributed by atoms with van der Waals surface area (Å²) in [6.07, 6.45) is 2.97. The fourth-order valence-electron chi connectivity index (χ4n) is 4.02. The van der Waals surface area contributed by atoms with Crippen LogP contribution in [0.15, 0.2) is 41.6 Å². The van der Waals surface area contributed by atoms with E-state index in [0.717, 1.165) is 44.5 Å². The molecule has 8 nitrogen and oxygen atoms in total. The molecule has 0 aliphatic carbocycles. The van der Waals surface area contributed by atoms with Crippen LogP contribution in [0, 0.1) is 5.82 Å². The normalized spacial score (nSPS) is 18.4. The van der Waals surface area contributed by atoms with E-state index >= 15 is 4.39 Å². The summed E-state index contributed by atoms with van der Waals surface area (Å²) in [5.74, 6) is -0.756. The number of anilines is 1. The molecule has 33 heavy (non-hydrogen) atoms. The molecule has 0 atom stereocenters. The number of nitrogens with zero attached hydrogens (tertiary/aromatic N) is 5. The molecule has 4 heterocycles. The molecule has 2 aliphatic heterocycles. The fourth-order valence-corrected chi connectivity index (χ4v) is 4.68. The van der Waals surface area contributed by atoms with E-state index in [9.17, 15) is 9.59 Å². The monoisotopic (exact) mass is 464 g/mol. The zero-order valence-electron chi connectivity index (χ0n) is 17.9. The number of likely N-dealkylation sites (N-methyl/N-ethyl adjacent to an activating group) is 1. The first-order valence-corrected chi connectivity index (χ1v) is 11.5. The van der Waals surface area contributed by atoms with Gasteiger partial charge in [0, 0.05) is 31.7 Å². The minimum absolute atomic E-state index is 0.267. The molecule has 2 aromatic heterocycles. The van der Waals surface area contributed by atoms with Gasteiger partial charge in [0.05, 0.1) is 21.8 Å². The van der Waals surface area contributed by atoms with Crippen molar-refractivity contribution < 1.29 is 14.0 Å². The first-order chi connectivity index (χ1) is 16.0. The topological polar surface area (TPSA) is 91.3 Å². The summed E-state index contributed by atoms with van der Waals surface area (Å²) in [6.45, 7) is 6.54. The van der Waals surface area contributed by atoms with Crippen molar-refractivity contribution in [2.75, 3.05) is 37.6 Å². The van der Waals surface area contributed by atoms with Gasteiger partial charge < -0.3 is 9.80 Å². The average molecular weight is 465 g/mol. The van der Waals surface area contributed by atoms with Gasteiger partial charge in [0.1, 0.15) is 23.4 Å². The van der Waals surface area contributed by atoms with Crippen LogP contribution in [0.4, 0.5) is 14.9 Å². The summed E-state index contributed by atoms with van der Waals surface area (Å²) >= 11 is 0.826. The van der Waals surface area contributed by atoms with Crippen molar-refractivity contribution in [1.29, 1.82) is 0 Å². The molecule has 3 aromatic rings. The summed E-state index contributed by atoms with van der Waals surface area (Å²) in [6, 6.07) is 8.59. The zero-order chi connectivity index (χ0) is 22.9. The van der Waals surface area contributed by atoms with Crippen molar-refractivity contribution in [2.45, 2.75) is 6.92 Å². The highest BCUT2D eigenvalue weighted by Crippen LogP contribution is 2.30. The van der Waals surface area contributed by atoms with E-state index in [2.05, 4.69) is 37.0 Å². The molecule has 0 radical (unpaired) electrons. The molecule has 0 saturated carbocycles. The quantitative estimate of drug-likeness (QED) is 0.588. The number of hydrogen-bond donors (Lipinski definition) is 1. The summed E-state index contributed by atoms with van der Waals surface area (Å²) in [4.78, 5) is 41.2. The van der Waals surface area contributed by atoms with Gasteiger partial charge in [0.25, 0.3) is 11.1 Å². The molecule has 1 aromatic carbocycles. The molecule has 0 spiro atoms. The number of halogens is 1. The van der Waals surface area contributed by atoms with Crippen LogP contribution < -0.4 is 10.2 Å². The second-order valence-electron chi connectivity index (χ2n) is 7.77. The first-order valence-electron chi connectivity index (χ1n) is 10.7. The van der Waals surface area contributed by atoms with Crippen molar-refractivity contribution in [1.82, 2.24) is 25.2 Å². The molecule has 0 unspecified atom stereocenters.